The number of halogens is 1. The summed E-state index contributed by atoms with van der Waals surface area (Å²) >= 11 is 9.12. The van der Waals surface area contributed by atoms with Gasteiger partial charge in [-0.2, -0.15) is 0 Å². The lowest BCUT2D eigenvalue weighted by molar-refractivity contribution is -0.154. The molecular weight excluding hydrogens is 826 g/mol. The van der Waals surface area contributed by atoms with Gasteiger partial charge >= 0.3 is 5.97 Å². The van der Waals surface area contributed by atoms with E-state index in [1.807, 2.05) is 122 Å². The summed E-state index contributed by atoms with van der Waals surface area (Å²) in [6, 6.07) is 48.3. The first-order chi connectivity index (χ1) is 29.9. The number of benzene rings is 5. The number of ether oxygens (including phenoxy) is 1. The molecule has 2 amide bonds. The summed E-state index contributed by atoms with van der Waals surface area (Å²) < 4.78 is 6.19. The number of alkyl halides is 1. The average Bonchev–Trinajstić information content (AvgIpc) is 3.79. The van der Waals surface area contributed by atoms with Gasteiger partial charge in [-0.15, -0.1) is 34.7 Å². The summed E-state index contributed by atoms with van der Waals surface area (Å²) in [5.74, 6) is -1.39. The Morgan fingerprint density at radius 2 is 1.36 bits per heavy atom. The monoisotopic (exact) mass is 867 g/mol. The van der Waals surface area contributed by atoms with Crippen molar-refractivity contribution in [1.29, 1.82) is 0 Å². The molecule has 5 aromatic carbocycles. The maximum absolute atomic E-state index is 14.2. The smallest absolute Gasteiger partial charge is 0.356 e. The van der Waals surface area contributed by atoms with Gasteiger partial charge in [-0.3, -0.25) is 14.5 Å². The fourth-order valence-corrected chi connectivity index (χ4v) is 9.95. The number of carbonyl (C=O) groups excluding carboxylic acids is 3. The number of hydrogen-bond acceptors (Lipinski definition) is 10. The average molecular weight is 868 g/mol. The van der Waals surface area contributed by atoms with Crippen LogP contribution < -0.4 is 10.6 Å². The minimum Gasteiger partial charge on any atom is -0.448 e. The topological polar surface area (TPSA) is 122 Å². The molecule has 1 aromatic heterocycles. The summed E-state index contributed by atoms with van der Waals surface area (Å²) in [7, 11) is 0. The molecule has 2 atom stereocenters. The molecule has 3 heterocycles. The predicted octanol–water partition coefficient (Wildman–Crippen LogP) is 8.90. The van der Waals surface area contributed by atoms with Crippen molar-refractivity contribution in [3.05, 3.63) is 202 Å². The molecule has 2 aliphatic rings. The van der Waals surface area contributed by atoms with Crippen LogP contribution in [0, 0.1) is 0 Å². The molecule has 1 fully saturated rings. The molecule has 2 unspecified atom stereocenters. The fourth-order valence-electron chi connectivity index (χ4n) is 7.52. The molecule has 61 heavy (non-hydrogen) atoms. The number of amides is 2. The van der Waals surface area contributed by atoms with Crippen molar-refractivity contribution in [3.8, 4) is 0 Å². The van der Waals surface area contributed by atoms with Crippen molar-refractivity contribution < 1.29 is 24.0 Å². The van der Waals surface area contributed by atoms with E-state index >= 15 is 0 Å². The Bertz CT molecular complexity index is 2390. The van der Waals surface area contributed by atoms with Crippen molar-refractivity contribution >= 4 is 63.3 Å². The molecule has 10 nitrogen and oxygen atoms in total. The van der Waals surface area contributed by atoms with Gasteiger partial charge in [0, 0.05) is 17.0 Å². The largest absolute Gasteiger partial charge is 0.448 e. The number of carbonyl (C=O) groups is 3. The minimum absolute atomic E-state index is 0.0260. The van der Waals surface area contributed by atoms with Gasteiger partial charge in [0.05, 0.1) is 0 Å². The number of nitrogens with one attached hydrogen (secondary N) is 2. The van der Waals surface area contributed by atoms with E-state index in [0.717, 1.165) is 27.8 Å². The van der Waals surface area contributed by atoms with Crippen LogP contribution in [0.25, 0.3) is 0 Å². The maximum atomic E-state index is 14.2. The molecule has 0 saturated carbocycles. The van der Waals surface area contributed by atoms with Gasteiger partial charge in [0.1, 0.15) is 35.0 Å². The quantitative estimate of drug-likeness (QED) is 0.0188. The van der Waals surface area contributed by atoms with Crippen LogP contribution >= 0.6 is 34.7 Å². The van der Waals surface area contributed by atoms with E-state index < -0.39 is 40.8 Å². The van der Waals surface area contributed by atoms with Gasteiger partial charge in [0.15, 0.2) is 16.9 Å². The number of thioether (sulfide) groups is 1. The van der Waals surface area contributed by atoms with E-state index in [9.17, 15) is 14.4 Å². The van der Waals surface area contributed by atoms with Crippen molar-refractivity contribution in [2.45, 2.75) is 36.4 Å². The van der Waals surface area contributed by atoms with Crippen molar-refractivity contribution in [2.24, 2.45) is 5.16 Å². The van der Waals surface area contributed by atoms with Gasteiger partial charge in [-0.05, 0) is 39.8 Å². The molecule has 308 valence electrons. The molecule has 0 radical (unpaired) electrons. The molecule has 0 aliphatic carbocycles. The Hall–Kier alpha value is -6.21. The van der Waals surface area contributed by atoms with Crippen molar-refractivity contribution in [2.75, 3.05) is 23.6 Å². The number of nitrogens with zero attached hydrogens (tertiary/aromatic N) is 3. The third kappa shape index (κ3) is 8.56. The molecule has 13 heteroatoms. The zero-order valence-electron chi connectivity index (χ0n) is 33.1. The lowest BCUT2D eigenvalue weighted by Crippen LogP contribution is -2.71. The molecule has 0 spiro atoms. The van der Waals surface area contributed by atoms with Crippen LogP contribution in [0.15, 0.2) is 173 Å². The highest BCUT2D eigenvalue weighted by Gasteiger charge is 2.55. The van der Waals surface area contributed by atoms with E-state index in [-0.39, 0.29) is 29.6 Å². The molecular formula is C48H42ClN5O5S2. The number of anilines is 1. The number of esters is 1. The van der Waals surface area contributed by atoms with Crippen LogP contribution in [-0.4, -0.2) is 63.0 Å². The Labute approximate surface area is 367 Å². The third-order valence-corrected chi connectivity index (χ3v) is 12.9. The summed E-state index contributed by atoms with van der Waals surface area (Å²) in [5, 5.41) is 12.6. The third-order valence-electron chi connectivity index (χ3n) is 10.4. The second-order valence-electron chi connectivity index (χ2n) is 14.3. The summed E-state index contributed by atoms with van der Waals surface area (Å²) in [6.45, 7) is 2.20. The molecule has 0 bridgehead atoms. The predicted molar refractivity (Wildman–Crippen MR) is 241 cm³/mol. The Morgan fingerprint density at radius 3 is 1.87 bits per heavy atom. The second-order valence-corrected chi connectivity index (χ2v) is 16.6. The van der Waals surface area contributed by atoms with E-state index in [1.54, 1.807) is 5.38 Å². The fraction of sp³-hybridized carbons (Fsp3) is 0.188. The molecule has 2 N–H and O–H groups in total. The van der Waals surface area contributed by atoms with Crippen LogP contribution in [0.5, 0.6) is 0 Å². The van der Waals surface area contributed by atoms with Crippen LogP contribution in [0.2, 0.25) is 0 Å². The lowest BCUT2D eigenvalue weighted by Gasteiger charge is -2.49. The zero-order chi connectivity index (χ0) is 42.2. The normalized spacial score (nSPS) is 16.4. The molecule has 1 saturated heterocycles. The highest BCUT2D eigenvalue weighted by molar-refractivity contribution is 8.00. The van der Waals surface area contributed by atoms with E-state index in [0.29, 0.717) is 22.9 Å². The Balaban J connectivity index is 1.05. The van der Waals surface area contributed by atoms with E-state index in [2.05, 4.69) is 52.2 Å². The zero-order valence-corrected chi connectivity index (χ0v) is 35.5. The maximum Gasteiger partial charge on any atom is 0.356 e. The minimum atomic E-state index is -0.967. The van der Waals surface area contributed by atoms with Crippen molar-refractivity contribution in [1.82, 2.24) is 15.2 Å². The van der Waals surface area contributed by atoms with Crippen LogP contribution in [0.4, 0.5) is 5.13 Å². The first-order valence-corrected chi connectivity index (χ1v) is 22.3. The first kappa shape index (κ1) is 41.5. The molecule has 2 aliphatic heterocycles. The summed E-state index contributed by atoms with van der Waals surface area (Å²) in [6.07, 6.45) is -0.0644. The van der Waals surface area contributed by atoms with Crippen LogP contribution in [-0.2, 0) is 29.5 Å². The number of rotatable bonds is 16. The number of fused-ring (bicyclic) bond motifs is 1. The second kappa shape index (κ2) is 19.0. The highest BCUT2D eigenvalue weighted by atomic mass is 35.5. The number of thiazole rings is 1. The summed E-state index contributed by atoms with van der Waals surface area (Å²) in [4.78, 5) is 54.3. The van der Waals surface area contributed by atoms with Gasteiger partial charge < -0.3 is 20.2 Å². The Kier molecular flexibility index (Phi) is 12.9. The van der Waals surface area contributed by atoms with E-state index in [1.165, 1.54) is 28.0 Å². The first-order valence-electron chi connectivity index (χ1n) is 19.9. The SMILES string of the molecule is CCCO/N=C(\C(=O)NC1C(=O)N2C(C(=O)OC(c3ccccc3)c3ccccc3)=C(CCl)CSC12)c1csc(NC(c2ccccc2)(c2ccccc2)c2ccccc2)n1. The molecule has 6 aromatic rings. The molecule has 8 rings (SSSR count). The number of aromatic nitrogens is 1. The number of oxime groups is 1. The van der Waals surface area contributed by atoms with Crippen LogP contribution in [0.1, 0.15) is 53.0 Å². The standard InChI is InChI=1S/C48H42ClN5O5S2/c1-2-28-58-53-39(38-31-61-47(50-38)52-48(35-22-12-5-13-23-35,36-24-14-6-15-25-36)37-26-16-7-17-27-37)43(55)51-40-44(56)54-41(34(29-49)30-60-45(40)54)46(57)59-42(32-18-8-3-9-19-32)33-20-10-4-11-21-33/h3-27,31,40,42,45H,2,28-30H2,1H3,(H,50,52)(H,51,55)/b53-39-. The van der Waals surface area contributed by atoms with E-state index in [4.69, 9.17) is 26.2 Å². The number of hydrogen-bond donors (Lipinski definition) is 2. The lowest BCUT2D eigenvalue weighted by atomic mass is 9.77. The van der Waals surface area contributed by atoms with Crippen LogP contribution in [0.3, 0.4) is 0 Å². The van der Waals surface area contributed by atoms with Gasteiger partial charge in [-0.25, -0.2) is 9.78 Å². The summed E-state index contributed by atoms with van der Waals surface area (Å²) in [5.41, 5.74) is 4.53. The van der Waals surface area contributed by atoms with Crippen molar-refractivity contribution in [3.63, 3.8) is 0 Å². The van der Waals surface area contributed by atoms with Gasteiger partial charge in [0.2, 0.25) is 0 Å². The number of β-lactam (4-membered cyclic amide) rings is 1. The Morgan fingerprint density at radius 1 is 0.836 bits per heavy atom. The van der Waals surface area contributed by atoms with Gasteiger partial charge in [0.25, 0.3) is 11.8 Å². The highest BCUT2D eigenvalue weighted by Crippen LogP contribution is 2.43. The van der Waals surface area contributed by atoms with Gasteiger partial charge in [-0.1, -0.05) is 164 Å².